The summed E-state index contributed by atoms with van der Waals surface area (Å²) in [5.41, 5.74) is 13.6. The van der Waals surface area contributed by atoms with Gasteiger partial charge in [0.1, 0.15) is 29.2 Å². The van der Waals surface area contributed by atoms with Crippen LogP contribution in [0.15, 0.2) is 81.2 Å². The lowest BCUT2D eigenvalue weighted by molar-refractivity contribution is -0.137. The van der Waals surface area contributed by atoms with Crippen molar-refractivity contribution in [3.8, 4) is 28.2 Å². The smallest absolute Gasteiger partial charge is 0.336 e. The number of guanidine groups is 1. The van der Waals surface area contributed by atoms with Gasteiger partial charge >= 0.3 is 11.9 Å². The summed E-state index contributed by atoms with van der Waals surface area (Å²) >= 11 is 0. The summed E-state index contributed by atoms with van der Waals surface area (Å²) in [5.74, 6) is -1.66. The number of nitrogens with zero attached hydrogens (tertiary/aromatic N) is 14. The number of piperazine rings is 2. The maximum Gasteiger partial charge on any atom is 0.336 e. The highest BCUT2D eigenvalue weighted by Crippen LogP contribution is 2.43. The first kappa shape index (κ1) is 52.6. The number of phenolic OH excluding ortho intramolecular Hbond substituents is 1. The number of carbonyl (C=O) groups excluding carboxylic acids is 2. The largest absolute Gasteiger partial charge is 0.508 e. The van der Waals surface area contributed by atoms with Gasteiger partial charge in [0.05, 0.1) is 23.4 Å². The van der Waals surface area contributed by atoms with E-state index < -0.39 is 24.0 Å². The number of phenols is 1. The predicted molar refractivity (Wildman–Crippen MR) is 282 cm³/mol. The summed E-state index contributed by atoms with van der Waals surface area (Å²) < 4.78 is 9.09. The number of aliphatic imine (C=N–C) groups is 1. The molecule has 8 N–H and O–H groups in total. The molecule has 2 fully saturated rings. The molecule has 9 rings (SSSR count). The Balaban J connectivity index is 0.978. The van der Waals surface area contributed by atoms with Gasteiger partial charge in [0, 0.05) is 112 Å². The molecule has 0 radical (unpaired) electrons. The minimum atomic E-state index is -1.24. The van der Waals surface area contributed by atoms with Gasteiger partial charge in [-0.2, -0.15) is 15.0 Å². The molecule has 3 atom stereocenters. The van der Waals surface area contributed by atoms with Crippen LogP contribution in [0.3, 0.4) is 0 Å². The number of carbonyl (C=O) groups is 4. The second-order valence-corrected chi connectivity index (χ2v) is 19.1. The molecule has 3 aromatic heterocycles. The summed E-state index contributed by atoms with van der Waals surface area (Å²) in [6.45, 7) is 8.92. The van der Waals surface area contributed by atoms with Crippen LogP contribution in [0.4, 0.5) is 23.5 Å². The molecule has 3 aliphatic heterocycles. The lowest BCUT2D eigenvalue weighted by Gasteiger charge is -2.38. The SMILES string of the molecule is CC[C@H](C)[C@@H](C(=O)N1CCN(c2nc(Nc3ccc(-c4c5ccc(=O)cc-5oc5cc(O)ccc45)c(C(=O)O)c3)nc(N3CCN(C(=O)[C@H](C)n4cc(CCC(=O)O)nn4)CC3)n2)CC1)n1cc(CCCN=C(N)N)nn1. The zero-order chi connectivity index (χ0) is 54.5. The van der Waals surface area contributed by atoms with Gasteiger partial charge in [0.25, 0.3) is 0 Å². The van der Waals surface area contributed by atoms with Gasteiger partial charge in [0.15, 0.2) is 11.4 Å². The fourth-order valence-corrected chi connectivity index (χ4v) is 9.53. The van der Waals surface area contributed by atoms with Crippen molar-refractivity contribution in [1.82, 2.24) is 54.7 Å². The van der Waals surface area contributed by atoms with Crippen molar-refractivity contribution in [3.05, 3.63) is 94.2 Å². The molecule has 2 aromatic carbocycles. The van der Waals surface area contributed by atoms with E-state index in [9.17, 15) is 34.2 Å². The molecule has 26 nitrogen and oxygen atoms in total. The van der Waals surface area contributed by atoms with Crippen molar-refractivity contribution in [3.63, 3.8) is 0 Å². The van der Waals surface area contributed by atoms with Crippen molar-refractivity contribution in [1.29, 1.82) is 0 Å². The zero-order valence-corrected chi connectivity index (χ0v) is 42.7. The van der Waals surface area contributed by atoms with Crippen LogP contribution in [0, 0.1) is 5.92 Å². The molecule has 0 bridgehead atoms. The molecule has 77 heavy (non-hydrogen) atoms. The Morgan fingerprint density at radius 1 is 0.766 bits per heavy atom. The molecule has 402 valence electrons. The van der Waals surface area contributed by atoms with Crippen LogP contribution in [0.2, 0.25) is 0 Å². The van der Waals surface area contributed by atoms with Gasteiger partial charge in [-0.1, -0.05) is 36.8 Å². The molecule has 2 amide bonds. The van der Waals surface area contributed by atoms with E-state index in [2.05, 4.69) is 30.9 Å². The number of aliphatic carboxylic acids is 1. The number of aromatic nitrogens is 9. The summed E-state index contributed by atoms with van der Waals surface area (Å²) in [6.07, 6.45) is 5.44. The average Bonchev–Trinajstić information content (AvgIpc) is 4.15. The van der Waals surface area contributed by atoms with E-state index in [1.165, 1.54) is 35.0 Å². The van der Waals surface area contributed by atoms with Crippen molar-refractivity contribution in [2.45, 2.75) is 65.0 Å². The first-order valence-electron chi connectivity index (χ1n) is 25.3. The Labute approximate surface area is 440 Å². The number of benzene rings is 3. The van der Waals surface area contributed by atoms with Gasteiger partial charge in [-0.3, -0.25) is 24.2 Å². The van der Waals surface area contributed by atoms with Crippen molar-refractivity contribution in [2.24, 2.45) is 22.4 Å². The number of aryl methyl sites for hydroxylation is 2. The summed E-state index contributed by atoms with van der Waals surface area (Å²) in [6, 6.07) is 12.3. The van der Waals surface area contributed by atoms with E-state index in [1.807, 2.05) is 34.7 Å². The molecule has 2 saturated heterocycles. The van der Waals surface area contributed by atoms with Crippen LogP contribution in [0.25, 0.3) is 33.4 Å². The fourth-order valence-electron chi connectivity index (χ4n) is 9.53. The molecule has 26 heteroatoms. The van der Waals surface area contributed by atoms with Gasteiger partial charge in [-0.05, 0) is 67.6 Å². The van der Waals surface area contributed by atoms with Crippen LogP contribution >= 0.6 is 0 Å². The fraction of sp³-hybridized carbons (Fsp3) is 0.392. The highest BCUT2D eigenvalue weighted by atomic mass is 16.4. The topological polar surface area (TPSA) is 349 Å². The lowest BCUT2D eigenvalue weighted by atomic mass is 9.90. The minimum Gasteiger partial charge on any atom is -0.508 e. The molecule has 0 unspecified atom stereocenters. The quantitative estimate of drug-likeness (QED) is 0.0293. The third-order valence-electron chi connectivity index (χ3n) is 13.9. The number of anilines is 4. The molecule has 6 heterocycles. The molecular weight excluding hydrogens is 995 g/mol. The van der Waals surface area contributed by atoms with Crippen LogP contribution in [-0.2, 0) is 27.2 Å². The predicted octanol–water partition coefficient (Wildman–Crippen LogP) is 3.15. The Morgan fingerprint density at radius 3 is 2.05 bits per heavy atom. The second-order valence-electron chi connectivity index (χ2n) is 19.1. The first-order chi connectivity index (χ1) is 37.0. The third kappa shape index (κ3) is 11.8. The highest BCUT2D eigenvalue weighted by molar-refractivity contribution is 6.08. The standard InChI is InChI=1S/C51H59N17O9/c1-4-29(2)44(68-28-32(59-62-68)6-5-15-54-48(52)53)46(74)64-18-22-66(23-19-64)51-57-49(56-50(58-51)65-20-16-63(17-21-65)45(73)30(3)67-27-33(60-61-67)8-14-42(71)72)55-31-7-11-36(39(24-31)47(75)76)43-37-12-9-34(69)25-40(37)77-41-26-35(70)10-13-38(41)43/h7,9-13,24-30,44,69H,4-6,8,14-23H2,1-3H3,(H,71,72)(H,75,76)(H4,52,53,54)(H,55,56,57,58)/t29-,30-,44-/m0/s1. The minimum absolute atomic E-state index is 0.0203. The second kappa shape index (κ2) is 22.7. The number of aromatic carboxylic acids is 1. The number of carboxylic acids is 2. The number of aromatic hydroxyl groups is 1. The van der Waals surface area contributed by atoms with Crippen LogP contribution in [0.1, 0.15) is 73.9 Å². The number of amides is 2. The molecular formula is C51H59N17O9. The number of hydrogen-bond donors (Lipinski definition) is 6. The molecule has 0 spiro atoms. The van der Waals surface area contributed by atoms with Gasteiger partial charge in [-0.15, -0.1) is 10.2 Å². The summed E-state index contributed by atoms with van der Waals surface area (Å²) in [7, 11) is 0. The molecule has 4 aliphatic rings. The van der Waals surface area contributed by atoms with E-state index >= 15 is 0 Å². The van der Waals surface area contributed by atoms with Crippen molar-refractivity contribution >= 4 is 64.2 Å². The van der Waals surface area contributed by atoms with Crippen molar-refractivity contribution < 1.29 is 38.9 Å². The maximum absolute atomic E-state index is 14.4. The van der Waals surface area contributed by atoms with Gasteiger partial charge < -0.3 is 56.1 Å². The maximum atomic E-state index is 14.4. The van der Waals surface area contributed by atoms with Crippen molar-refractivity contribution in [2.75, 3.05) is 74.0 Å². The monoisotopic (exact) mass is 1050 g/mol. The number of nitrogens with two attached hydrogens (primary N) is 2. The lowest BCUT2D eigenvalue weighted by Crippen LogP contribution is -2.52. The van der Waals surface area contributed by atoms with E-state index in [1.54, 1.807) is 47.0 Å². The summed E-state index contributed by atoms with van der Waals surface area (Å²) in [4.78, 5) is 90.9. The Kier molecular flexibility index (Phi) is 15.5. The number of nitrogens with one attached hydrogen (secondary N) is 1. The van der Waals surface area contributed by atoms with E-state index in [-0.39, 0.29) is 70.6 Å². The van der Waals surface area contributed by atoms with Gasteiger partial charge in [0.2, 0.25) is 29.7 Å². The van der Waals surface area contributed by atoms with Crippen LogP contribution in [-0.4, -0.2) is 159 Å². The Hall–Kier alpha value is -9.23. The first-order valence-corrected chi connectivity index (χ1v) is 25.3. The van der Waals surface area contributed by atoms with Crippen LogP contribution in [0.5, 0.6) is 5.75 Å². The molecule has 0 saturated carbocycles. The normalized spacial score (nSPS) is 15.1. The number of fused-ring (bicyclic) bond motifs is 2. The Morgan fingerprint density at radius 2 is 1.40 bits per heavy atom. The highest BCUT2D eigenvalue weighted by Gasteiger charge is 2.35. The number of carboxylic acid groups (broad SMARTS) is 2. The van der Waals surface area contributed by atoms with E-state index in [0.29, 0.717) is 117 Å². The number of rotatable bonds is 19. The third-order valence-corrected chi connectivity index (χ3v) is 13.9. The molecule has 5 aromatic rings. The zero-order valence-electron chi connectivity index (χ0n) is 42.7. The molecule has 1 aliphatic carbocycles. The number of hydrogen-bond acceptors (Lipinski definition) is 18. The van der Waals surface area contributed by atoms with E-state index in [4.69, 9.17) is 35.9 Å². The Bertz CT molecular complexity index is 3370. The van der Waals surface area contributed by atoms with Crippen LogP contribution < -0.4 is 32.0 Å². The summed E-state index contributed by atoms with van der Waals surface area (Å²) in [5, 5.41) is 50.7. The average molecular weight is 1050 g/mol. The van der Waals surface area contributed by atoms with E-state index in [0.717, 1.165) is 12.1 Å². The van der Waals surface area contributed by atoms with Gasteiger partial charge in [-0.25, -0.2) is 14.2 Å².